The van der Waals surface area contributed by atoms with Crippen LogP contribution in [0.2, 0.25) is 0 Å². The average molecular weight is 655 g/mol. The van der Waals surface area contributed by atoms with E-state index in [4.69, 9.17) is 24.1 Å². The number of nitrogens with one attached hydrogen (secondary N) is 4. The molecule has 5 N–H and O–H groups in total. The third kappa shape index (κ3) is 18.3. The molecule has 0 aromatic carbocycles. The van der Waals surface area contributed by atoms with Gasteiger partial charge in [-0.1, -0.05) is 28.0 Å². The minimum atomic E-state index is -0.802. The van der Waals surface area contributed by atoms with Gasteiger partial charge < -0.3 is 45.3 Å². The van der Waals surface area contributed by atoms with Crippen LogP contribution >= 0.6 is 33.3 Å². The summed E-state index contributed by atoms with van der Waals surface area (Å²) >= 11 is 1.89. The second-order valence-corrected chi connectivity index (χ2v) is 13.5. The van der Waals surface area contributed by atoms with Gasteiger partial charge in [-0.2, -0.15) is 11.8 Å². The number of rotatable bonds is 27. The maximum absolute atomic E-state index is 12.0. The van der Waals surface area contributed by atoms with Gasteiger partial charge in [0.1, 0.15) is 0 Å². The normalized spacial score (nSPS) is 19.2. The Labute approximate surface area is 260 Å². The SMILES string of the molecule is O=C(O)CCSSCCNC(=O)CCOCCOCCOCCOCCNC(=O)CCCCC1SC[C@H]2NC(=O)N[C@H]12. The molecule has 0 bridgehead atoms. The number of hydrogen-bond acceptors (Lipinski definition) is 11. The molecule has 0 saturated carbocycles. The first-order chi connectivity index (χ1) is 20.5. The number of hydrogen-bond donors (Lipinski definition) is 5. The molecule has 3 atom stereocenters. The van der Waals surface area contributed by atoms with E-state index in [1.807, 2.05) is 11.8 Å². The Morgan fingerprint density at radius 3 is 2.12 bits per heavy atom. The van der Waals surface area contributed by atoms with Gasteiger partial charge in [-0.15, -0.1) is 0 Å². The molecule has 4 amide bonds. The first-order valence-corrected chi connectivity index (χ1v) is 18.0. The summed E-state index contributed by atoms with van der Waals surface area (Å²) in [6.45, 7) is 4.35. The van der Waals surface area contributed by atoms with E-state index in [2.05, 4.69) is 21.3 Å². The van der Waals surface area contributed by atoms with E-state index >= 15 is 0 Å². The Morgan fingerprint density at radius 1 is 0.786 bits per heavy atom. The smallest absolute Gasteiger partial charge is 0.315 e. The topological polar surface area (TPSA) is 174 Å². The molecular weight excluding hydrogens is 609 g/mol. The van der Waals surface area contributed by atoms with Crippen LogP contribution in [-0.2, 0) is 33.3 Å². The van der Waals surface area contributed by atoms with Gasteiger partial charge >= 0.3 is 12.0 Å². The maximum atomic E-state index is 12.0. The fourth-order valence-electron chi connectivity index (χ4n) is 4.12. The summed E-state index contributed by atoms with van der Waals surface area (Å²) in [7, 11) is 3.03. The molecule has 0 aromatic heterocycles. The van der Waals surface area contributed by atoms with Crippen LogP contribution in [-0.4, -0.2) is 129 Å². The van der Waals surface area contributed by atoms with Crippen molar-refractivity contribution in [1.82, 2.24) is 21.3 Å². The average Bonchev–Trinajstić information content (AvgIpc) is 3.51. The molecule has 2 heterocycles. The van der Waals surface area contributed by atoms with E-state index < -0.39 is 5.97 Å². The van der Waals surface area contributed by atoms with Crippen molar-refractivity contribution in [2.45, 2.75) is 55.9 Å². The van der Waals surface area contributed by atoms with E-state index in [-0.39, 0.29) is 42.8 Å². The fourth-order valence-corrected chi connectivity index (χ4v) is 7.55. The van der Waals surface area contributed by atoms with E-state index in [9.17, 15) is 19.2 Å². The Kier molecular flexibility index (Phi) is 21.0. The minimum absolute atomic E-state index is 0.0313. The van der Waals surface area contributed by atoms with E-state index in [1.165, 1.54) is 10.8 Å². The van der Waals surface area contributed by atoms with Gasteiger partial charge in [-0.25, -0.2) is 4.79 Å². The number of thioether (sulfide) groups is 1. The van der Waals surface area contributed by atoms with Crippen molar-refractivity contribution in [3.05, 3.63) is 0 Å². The molecule has 2 aliphatic rings. The molecule has 2 fully saturated rings. The van der Waals surface area contributed by atoms with Crippen molar-refractivity contribution in [3.63, 3.8) is 0 Å². The summed E-state index contributed by atoms with van der Waals surface area (Å²) in [6.07, 6.45) is 3.73. The second-order valence-electron chi connectivity index (χ2n) is 9.55. The molecule has 0 aliphatic carbocycles. The quantitative estimate of drug-likeness (QED) is 0.0488. The molecule has 2 aliphatic heterocycles. The molecule has 2 rings (SSSR count). The Hall–Kier alpha value is -1.43. The zero-order valence-corrected chi connectivity index (χ0v) is 26.6. The fraction of sp³-hybridized carbons (Fsp3) is 0.846. The number of fused-ring (bicyclic) bond motifs is 1. The molecule has 42 heavy (non-hydrogen) atoms. The molecule has 0 aromatic rings. The second kappa shape index (κ2) is 24.0. The molecule has 2 saturated heterocycles. The number of carboxylic acid groups (broad SMARTS) is 1. The molecule has 0 spiro atoms. The highest BCUT2D eigenvalue weighted by Gasteiger charge is 2.42. The number of amides is 4. The largest absolute Gasteiger partial charge is 0.481 e. The van der Waals surface area contributed by atoms with Crippen LogP contribution in [0.25, 0.3) is 0 Å². The number of unbranched alkanes of at least 4 members (excludes halogenated alkanes) is 1. The van der Waals surface area contributed by atoms with Crippen molar-refractivity contribution >= 4 is 57.2 Å². The molecule has 242 valence electrons. The highest BCUT2D eigenvalue weighted by molar-refractivity contribution is 8.76. The Balaban J connectivity index is 1.23. The number of aliphatic carboxylic acids is 1. The van der Waals surface area contributed by atoms with Gasteiger partial charge in [0.2, 0.25) is 11.8 Å². The van der Waals surface area contributed by atoms with Gasteiger partial charge in [0.15, 0.2) is 0 Å². The van der Waals surface area contributed by atoms with Crippen LogP contribution in [0.4, 0.5) is 4.79 Å². The van der Waals surface area contributed by atoms with E-state index in [1.54, 1.807) is 10.8 Å². The summed E-state index contributed by atoms with van der Waals surface area (Å²) in [4.78, 5) is 45.5. The van der Waals surface area contributed by atoms with Crippen LogP contribution < -0.4 is 21.3 Å². The van der Waals surface area contributed by atoms with E-state index in [0.29, 0.717) is 83.4 Å². The summed E-state index contributed by atoms with van der Waals surface area (Å²) in [5.74, 6) is 1.39. The molecule has 13 nitrogen and oxygen atoms in total. The summed E-state index contributed by atoms with van der Waals surface area (Å²) in [5.41, 5.74) is 0. The van der Waals surface area contributed by atoms with Gasteiger partial charge in [0.05, 0.1) is 71.4 Å². The highest BCUT2D eigenvalue weighted by Crippen LogP contribution is 2.33. The predicted octanol–water partition coefficient (Wildman–Crippen LogP) is 1.26. The lowest BCUT2D eigenvalue weighted by Crippen LogP contribution is -2.36. The van der Waals surface area contributed by atoms with Crippen molar-refractivity contribution in [2.75, 3.05) is 83.2 Å². The van der Waals surface area contributed by atoms with Gasteiger partial charge in [-0.05, 0) is 12.8 Å². The van der Waals surface area contributed by atoms with Gasteiger partial charge in [-0.3, -0.25) is 14.4 Å². The summed E-state index contributed by atoms with van der Waals surface area (Å²) in [6, 6.07) is 0.392. The minimum Gasteiger partial charge on any atom is -0.481 e. The predicted molar refractivity (Wildman–Crippen MR) is 165 cm³/mol. The first kappa shape index (κ1) is 36.8. The third-order valence-electron chi connectivity index (χ3n) is 6.23. The van der Waals surface area contributed by atoms with Crippen molar-refractivity contribution in [2.24, 2.45) is 0 Å². The lowest BCUT2D eigenvalue weighted by Gasteiger charge is -2.16. The molecular formula is C26H46N4O9S3. The number of carbonyl (C=O) groups excluding carboxylic acids is 3. The van der Waals surface area contributed by atoms with Crippen LogP contribution in [0.1, 0.15) is 38.5 Å². The molecule has 1 unspecified atom stereocenters. The lowest BCUT2D eigenvalue weighted by atomic mass is 10.0. The van der Waals surface area contributed by atoms with Gasteiger partial charge in [0, 0.05) is 48.4 Å². The molecule has 0 radical (unpaired) electrons. The monoisotopic (exact) mass is 654 g/mol. The highest BCUT2D eigenvalue weighted by atomic mass is 33.1. The van der Waals surface area contributed by atoms with Gasteiger partial charge in [0.25, 0.3) is 0 Å². The van der Waals surface area contributed by atoms with Crippen LogP contribution in [0, 0.1) is 0 Å². The van der Waals surface area contributed by atoms with Crippen LogP contribution in [0.5, 0.6) is 0 Å². The van der Waals surface area contributed by atoms with Crippen molar-refractivity contribution in [1.29, 1.82) is 0 Å². The Bertz CT molecular complexity index is 800. The zero-order chi connectivity index (χ0) is 30.3. The Morgan fingerprint density at radius 2 is 1.40 bits per heavy atom. The number of ether oxygens (including phenoxy) is 4. The van der Waals surface area contributed by atoms with Crippen molar-refractivity contribution in [3.8, 4) is 0 Å². The maximum Gasteiger partial charge on any atom is 0.315 e. The van der Waals surface area contributed by atoms with Crippen LogP contribution in [0.3, 0.4) is 0 Å². The summed E-state index contributed by atoms with van der Waals surface area (Å²) < 4.78 is 21.7. The standard InChI is InChI=1S/C26H46N4O9S3/c31-22(4-2-1-3-21-25-20(19-40-21)29-26(35)30-25)27-7-10-37-12-14-39-16-15-38-13-11-36-9-5-23(32)28-8-18-42-41-17-6-24(33)34/h20-21,25H,1-19H2,(H,27,31)(H,28,32)(H,33,34)(H2,29,30,35)/t20-,21?,25+/m1/s1. The number of urea groups is 1. The zero-order valence-electron chi connectivity index (χ0n) is 24.1. The first-order valence-electron chi connectivity index (χ1n) is 14.4. The van der Waals surface area contributed by atoms with Crippen molar-refractivity contribution < 1.29 is 43.2 Å². The number of carboxylic acids is 1. The summed E-state index contributed by atoms with van der Waals surface area (Å²) in [5, 5.41) is 20.6. The molecule has 16 heteroatoms. The third-order valence-corrected chi connectivity index (χ3v) is 10.1. The van der Waals surface area contributed by atoms with Crippen LogP contribution in [0.15, 0.2) is 0 Å². The number of carbonyl (C=O) groups is 4. The lowest BCUT2D eigenvalue weighted by molar-refractivity contribution is -0.136. The van der Waals surface area contributed by atoms with E-state index in [0.717, 1.165) is 30.8 Å².